The molecule has 4 bridgehead atoms. The van der Waals surface area contributed by atoms with Crippen molar-refractivity contribution in [1.29, 1.82) is 0 Å². The molecule has 0 aromatic heterocycles. The van der Waals surface area contributed by atoms with Gasteiger partial charge in [-0.2, -0.15) is 30.4 Å². The first-order valence-electron chi connectivity index (χ1n) is 11.9. The molecule has 5 saturated carbocycles. The van der Waals surface area contributed by atoms with Gasteiger partial charge in [0.05, 0.1) is 18.4 Å². The number of hydrogen-bond donors (Lipinski definition) is 1. The number of hydrogen-bond acceptors (Lipinski definition) is 6. The van der Waals surface area contributed by atoms with Crippen molar-refractivity contribution in [2.75, 3.05) is 6.61 Å². The molecule has 3 unspecified atom stereocenters. The molecule has 0 aliphatic heterocycles. The summed E-state index contributed by atoms with van der Waals surface area (Å²) >= 11 is 0. The molecule has 0 saturated heterocycles. The minimum atomic E-state index is -6.54. The van der Waals surface area contributed by atoms with E-state index in [0.29, 0.717) is 30.6 Å². The Bertz CT molecular complexity index is 913. The molecular formula is C22H29F5O7S. The van der Waals surface area contributed by atoms with Gasteiger partial charge >= 0.3 is 33.5 Å². The summed E-state index contributed by atoms with van der Waals surface area (Å²) in [5, 5.41) is -5.82. The Morgan fingerprint density at radius 3 is 1.77 bits per heavy atom. The van der Waals surface area contributed by atoms with Crippen LogP contribution in [0.1, 0.15) is 64.2 Å². The molecule has 1 N–H and O–H groups in total. The van der Waals surface area contributed by atoms with Crippen LogP contribution in [0.25, 0.3) is 0 Å². The third-order valence-corrected chi connectivity index (χ3v) is 9.14. The van der Waals surface area contributed by atoms with Crippen molar-refractivity contribution in [3.63, 3.8) is 0 Å². The summed E-state index contributed by atoms with van der Waals surface area (Å²) in [7, 11) is -6.54. The van der Waals surface area contributed by atoms with Crippen LogP contribution in [0.2, 0.25) is 0 Å². The van der Waals surface area contributed by atoms with E-state index in [1.54, 1.807) is 0 Å². The van der Waals surface area contributed by atoms with Gasteiger partial charge < -0.3 is 9.47 Å². The fourth-order valence-electron chi connectivity index (χ4n) is 7.16. The van der Waals surface area contributed by atoms with Gasteiger partial charge in [-0.05, 0) is 69.1 Å². The Morgan fingerprint density at radius 1 is 0.886 bits per heavy atom. The zero-order valence-corrected chi connectivity index (χ0v) is 19.8. The van der Waals surface area contributed by atoms with E-state index in [9.17, 15) is 40.0 Å². The maximum absolute atomic E-state index is 13.8. The SMILES string of the molecule is O=C(OCC12CC3CC(CC(C3)C1)C2)C1CCCCC1C(=O)OC(C(F)(F)F)C(F)(F)S(=O)(=O)O. The molecule has 0 aromatic carbocycles. The van der Waals surface area contributed by atoms with Gasteiger partial charge in [0.1, 0.15) is 0 Å². The molecule has 5 aliphatic rings. The Hall–Kier alpha value is -1.50. The summed E-state index contributed by atoms with van der Waals surface area (Å²) in [5.41, 5.74) is -0.131. The van der Waals surface area contributed by atoms with Crippen LogP contribution >= 0.6 is 0 Å². The molecule has 7 nitrogen and oxygen atoms in total. The molecule has 13 heteroatoms. The fraction of sp³-hybridized carbons (Fsp3) is 0.909. The predicted octanol–water partition coefficient (Wildman–Crippen LogP) is 4.51. The van der Waals surface area contributed by atoms with E-state index in [1.807, 2.05) is 0 Å². The summed E-state index contributed by atoms with van der Waals surface area (Å²) in [5.74, 6) is -3.43. The molecule has 0 radical (unpaired) electrons. The van der Waals surface area contributed by atoms with Crippen molar-refractivity contribution in [2.24, 2.45) is 35.0 Å². The predicted molar refractivity (Wildman–Crippen MR) is 109 cm³/mol. The number of esters is 2. The molecule has 0 amide bonds. The molecule has 5 rings (SSSR count). The second-order valence-corrected chi connectivity index (χ2v) is 12.4. The molecule has 0 heterocycles. The average Bonchev–Trinajstić information content (AvgIpc) is 2.73. The summed E-state index contributed by atoms with van der Waals surface area (Å²) in [4.78, 5) is 25.4. The third kappa shape index (κ3) is 5.30. The quantitative estimate of drug-likeness (QED) is 0.292. The molecule has 5 fully saturated rings. The highest BCUT2D eigenvalue weighted by molar-refractivity contribution is 7.86. The van der Waals surface area contributed by atoms with E-state index in [4.69, 9.17) is 9.29 Å². The lowest BCUT2D eigenvalue weighted by Gasteiger charge is -2.56. The number of carbonyl (C=O) groups excluding carboxylic acids is 2. The standard InChI is InChI=1S/C22H29F5O7S/c23-21(24,25)19(22(26,27)35(30,31)32)34-18(29)16-4-2-1-3-15(16)17(28)33-11-20-8-12-5-13(9-20)7-14(6-12)10-20/h12-16,19H,1-11H2,(H,30,31,32). The second-order valence-electron chi connectivity index (χ2n) is 10.9. The smallest absolute Gasteiger partial charge is 0.432 e. The number of ether oxygens (including phenoxy) is 2. The van der Waals surface area contributed by atoms with E-state index in [-0.39, 0.29) is 24.9 Å². The van der Waals surface area contributed by atoms with Crippen molar-refractivity contribution < 1.29 is 54.0 Å². The highest BCUT2D eigenvalue weighted by atomic mass is 32.2. The van der Waals surface area contributed by atoms with Crippen molar-refractivity contribution >= 4 is 22.1 Å². The van der Waals surface area contributed by atoms with E-state index in [1.165, 1.54) is 19.3 Å². The van der Waals surface area contributed by atoms with Crippen molar-refractivity contribution in [1.82, 2.24) is 0 Å². The first kappa shape index (κ1) is 26.6. The lowest BCUT2D eigenvalue weighted by Crippen LogP contribution is -2.53. The normalized spacial score (nSPS) is 36.0. The molecule has 0 spiro atoms. The van der Waals surface area contributed by atoms with Crippen molar-refractivity contribution in [2.45, 2.75) is 81.7 Å². The lowest BCUT2D eigenvalue weighted by molar-refractivity contribution is -0.261. The number of halogens is 5. The lowest BCUT2D eigenvalue weighted by atomic mass is 9.50. The zero-order valence-electron chi connectivity index (χ0n) is 18.9. The van der Waals surface area contributed by atoms with Gasteiger partial charge in [0.25, 0.3) is 6.10 Å². The molecular weight excluding hydrogens is 503 g/mol. The highest BCUT2D eigenvalue weighted by Gasteiger charge is 2.66. The van der Waals surface area contributed by atoms with Crippen LogP contribution in [-0.2, 0) is 29.2 Å². The van der Waals surface area contributed by atoms with Crippen LogP contribution in [-0.4, -0.2) is 49.1 Å². The van der Waals surface area contributed by atoms with Crippen LogP contribution < -0.4 is 0 Å². The van der Waals surface area contributed by atoms with Gasteiger partial charge in [0.15, 0.2) is 0 Å². The van der Waals surface area contributed by atoms with E-state index in [0.717, 1.165) is 19.3 Å². The van der Waals surface area contributed by atoms with E-state index < -0.39 is 51.4 Å². The zero-order chi connectivity index (χ0) is 25.8. The topological polar surface area (TPSA) is 107 Å². The molecule has 0 aromatic rings. The molecule has 5 aliphatic carbocycles. The summed E-state index contributed by atoms with van der Waals surface area (Å²) < 4.78 is 107. The van der Waals surface area contributed by atoms with Crippen molar-refractivity contribution in [3.05, 3.63) is 0 Å². The minimum absolute atomic E-state index is 0.0992. The van der Waals surface area contributed by atoms with Crippen LogP contribution in [0.15, 0.2) is 0 Å². The van der Waals surface area contributed by atoms with E-state index >= 15 is 0 Å². The van der Waals surface area contributed by atoms with Gasteiger partial charge in [0.2, 0.25) is 0 Å². The van der Waals surface area contributed by atoms with Gasteiger partial charge in [-0.25, -0.2) is 0 Å². The van der Waals surface area contributed by atoms with Crippen LogP contribution in [0.4, 0.5) is 22.0 Å². The summed E-state index contributed by atoms with van der Waals surface area (Å²) in [6.07, 6.45) is -3.21. The van der Waals surface area contributed by atoms with E-state index in [2.05, 4.69) is 4.74 Å². The Labute approximate surface area is 199 Å². The fourth-order valence-corrected chi connectivity index (χ4v) is 7.61. The second kappa shape index (κ2) is 9.11. The largest absolute Gasteiger partial charge is 0.465 e. The molecule has 3 atom stereocenters. The number of rotatable bonds is 7. The monoisotopic (exact) mass is 532 g/mol. The van der Waals surface area contributed by atoms with Gasteiger partial charge in [-0.1, -0.05) is 12.8 Å². The van der Waals surface area contributed by atoms with Crippen LogP contribution in [0, 0.1) is 35.0 Å². The van der Waals surface area contributed by atoms with Crippen molar-refractivity contribution in [3.8, 4) is 0 Å². The number of carbonyl (C=O) groups is 2. The van der Waals surface area contributed by atoms with Crippen LogP contribution in [0.3, 0.4) is 0 Å². The minimum Gasteiger partial charge on any atom is -0.465 e. The van der Waals surface area contributed by atoms with Gasteiger partial charge in [-0.15, -0.1) is 0 Å². The first-order valence-corrected chi connectivity index (χ1v) is 13.3. The van der Waals surface area contributed by atoms with Crippen LogP contribution in [0.5, 0.6) is 0 Å². The first-order chi connectivity index (χ1) is 16.1. The molecule has 200 valence electrons. The average molecular weight is 533 g/mol. The third-order valence-electron chi connectivity index (χ3n) is 8.24. The number of alkyl halides is 5. The highest BCUT2D eigenvalue weighted by Crippen LogP contribution is 2.60. The van der Waals surface area contributed by atoms with Gasteiger partial charge in [-0.3, -0.25) is 14.1 Å². The maximum Gasteiger partial charge on any atom is 0.432 e. The Kier molecular flexibility index (Phi) is 6.91. The maximum atomic E-state index is 13.8. The molecule has 35 heavy (non-hydrogen) atoms. The summed E-state index contributed by atoms with van der Waals surface area (Å²) in [6.45, 7) is 0.152. The Balaban J connectivity index is 1.44. The Morgan fingerprint density at radius 2 is 1.34 bits per heavy atom. The summed E-state index contributed by atoms with van der Waals surface area (Å²) in [6, 6.07) is 0. The van der Waals surface area contributed by atoms with Gasteiger partial charge in [0, 0.05) is 5.41 Å².